The van der Waals surface area contributed by atoms with E-state index < -0.39 is 0 Å². The second kappa shape index (κ2) is 5.60. The molecule has 0 saturated carbocycles. The molecule has 1 aliphatic heterocycles. The molecule has 0 saturated heterocycles. The van der Waals surface area contributed by atoms with Crippen LogP contribution in [0.15, 0.2) is 42.5 Å². The number of carbonyl (C=O) groups excluding carboxylic acids is 1. The number of Topliss-reactive ketones (excluding diaryl/α,β-unsaturated/α-hetero) is 1. The Hall–Kier alpha value is -2.29. The molecule has 0 amide bonds. The quantitative estimate of drug-likeness (QED) is 0.934. The van der Waals surface area contributed by atoms with Gasteiger partial charge in [0.1, 0.15) is 12.4 Å². The fourth-order valence-electron chi connectivity index (χ4n) is 2.58. The van der Waals surface area contributed by atoms with Gasteiger partial charge < -0.3 is 10.1 Å². The Morgan fingerprint density at radius 2 is 1.90 bits per heavy atom. The number of ether oxygens (including phenoxy) is 1. The number of ketones is 1. The lowest BCUT2D eigenvalue weighted by molar-refractivity contribution is 0.0842. The first kappa shape index (κ1) is 13.7. The van der Waals surface area contributed by atoms with Crippen LogP contribution in [0.25, 0.3) is 0 Å². The lowest BCUT2D eigenvalue weighted by Gasteiger charge is -2.25. The van der Waals surface area contributed by atoms with E-state index in [0.717, 1.165) is 17.0 Å². The zero-order chi connectivity index (χ0) is 14.8. The van der Waals surface area contributed by atoms with Gasteiger partial charge in [-0.25, -0.2) is 0 Å². The van der Waals surface area contributed by atoms with E-state index in [1.165, 1.54) is 5.56 Å². The summed E-state index contributed by atoms with van der Waals surface area (Å²) in [5.74, 6) is 0.772. The normalized spacial score (nSPS) is 17.0. The maximum Gasteiger partial charge on any atom is 0.174 e. The highest BCUT2D eigenvalue weighted by Gasteiger charge is 2.29. The summed E-state index contributed by atoms with van der Waals surface area (Å²) in [5, 5.41) is 3.32. The molecule has 3 rings (SSSR count). The third-order valence-electron chi connectivity index (χ3n) is 3.88. The highest BCUT2D eigenvalue weighted by molar-refractivity contribution is 6.02. The lowest BCUT2D eigenvalue weighted by Crippen LogP contribution is -2.33. The van der Waals surface area contributed by atoms with Crippen molar-refractivity contribution < 1.29 is 9.53 Å². The zero-order valence-electron chi connectivity index (χ0n) is 12.3. The minimum absolute atomic E-state index is 0.138. The average molecular weight is 281 g/mol. The Kier molecular flexibility index (Phi) is 3.65. The van der Waals surface area contributed by atoms with Gasteiger partial charge in [0.05, 0.1) is 11.5 Å². The monoisotopic (exact) mass is 281 g/mol. The summed E-state index contributed by atoms with van der Waals surface area (Å²) in [4.78, 5) is 12.5. The number of hydrogen-bond acceptors (Lipinski definition) is 3. The Labute approximate surface area is 124 Å². The molecule has 0 bridgehead atoms. The molecule has 1 N–H and O–H groups in total. The van der Waals surface area contributed by atoms with Gasteiger partial charge >= 0.3 is 0 Å². The number of anilines is 1. The van der Waals surface area contributed by atoms with Gasteiger partial charge in [-0.2, -0.15) is 0 Å². The molecule has 0 aliphatic carbocycles. The van der Waals surface area contributed by atoms with E-state index in [1.807, 2.05) is 37.3 Å². The van der Waals surface area contributed by atoms with Crippen LogP contribution in [0.3, 0.4) is 0 Å². The van der Waals surface area contributed by atoms with Crippen LogP contribution in [-0.2, 0) is 0 Å². The van der Waals surface area contributed by atoms with E-state index >= 15 is 0 Å². The second-order valence-corrected chi connectivity index (χ2v) is 5.57. The standard InChI is InChI=1S/C18H19NO2/c1-12-6-8-15(9-7-12)19-10-14-11-21-18-13(2)4-3-5-16(18)17(14)20/h3-9,14,19H,10-11H2,1-2H3/t14-/m0/s1. The van der Waals surface area contributed by atoms with Crippen LogP contribution in [0.1, 0.15) is 21.5 Å². The van der Waals surface area contributed by atoms with Gasteiger partial charge in [-0.05, 0) is 37.6 Å². The minimum atomic E-state index is -0.138. The maximum atomic E-state index is 12.5. The summed E-state index contributed by atoms with van der Waals surface area (Å²) in [6.45, 7) is 5.06. The highest BCUT2D eigenvalue weighted by atomic mass is 16.5. The molecule has 108 valence electrons. The fourth-order valence-corrected chi connectivity index (χ4v) is 2.58. The van der Waals surface area contributed by atoms with Gasteiger partial charge in [0, 0.05) is 12.2 Å². The summed E-state index contributed by atoms with van der Waals surface area (Å²) >= 11 is 0. The summed E-state index contributed by atoms with van der Waals surface area (Å²) in [6, 6.07) is 13.9. The minimum Gasteiger partial charge on any atom is -0.492 e. The van der Waals surface area contributed by atoms with Gasteiger partial charge in [-0.1, -0.05) is 29.8 Å². The van der Waals surface area contributed by atoms with Crippen LogP contribution in [-0.4, -0.2) is 18.9 Å². The zero-order valence-corrected chi connectivity index (χ0v) is 12.3. The smallest absolute Gasteiger partial charge is 0.174 e. The number of carbonyl (C=O) groups is 1. The number of para-hydroxylation sites is 1. The number of hydrogen-bond donors (Lipinski definition) is 1. The van der Waals surface area contributed by atoms with Crippen LogP contribution >= 0.6 is 0 Å². The molecule has 3 heteroatoms. The molecule has 0 radical (unpaired) electrons. The summed E-state index contributed by atoms with van der Waals surface area (Å²) < 4.78 is 5.78. The molecular weight excluding hydrogens is 262 g/mol. The van der Waals surface area contributed by atoms with Gasteiger partial charge in [-0.3, -0.25) is 4.79 Å². The largest absolute Gasteiger partial charge is 0.492 e. The Bertz CT molecular complexity index is 661. The van der Waals surface area contributed by atoms with Crippen LogP contribution in [0.2, 0.25) is 0 Å². The molecule has 2 aromatic carbocycles. The van der Waals surface area contributed by atoms with Crippen LogP contribution in [0.5, 0.6) is 5.75 Å². The van der Waals surface area contributed by atoms with Crippen LogP contribution < -0.4 is 10.1 Å². The summed E-state index contributed by atoms with van der Waals surface area (Å²) in [6.07, 6.45) is 0. The Balaban J connectivity index is 1.71. The van der Waals surface area contributed by atoms with E-state index in [9.17, 15) is 4.79 Å². The van der Waals surface area contributed by atoms with E-state index in [4.69, 9.17) is 4.74 Å². The van der Waals surface area contributed by atoms with Crippen LogP contribution in [0, 0.1) is 19.8 Å². The summed E-state index contributed by atoms with van der Waals surface area (Å²) in [7, 11) is 0. The van der Waals surface area contributed by atoms with E-state index in [1.54, 1.807) is 0 Å². The van der Waals surface area contributed by atoms with E-state index in [2.05, 4.69) is 24.4 Å². The number of benzene rings is 2. The molecule has 1 aliphatic rings. The van der Waals surface area contributed by atoms with Crippen molar-refractivity contribution in [3.63, 3.8) is 0 Å². The molecule has 1 heterocycles. The topological polar surface area (TPSA) is 38.3 Å². The van der Waals surface area contributed by atoms with Crippen molar-refractivity contribution in [2.75, 3.05) is 18.5 Å². The molecule has 21 heavy (non-hydrogen) atoms. The maximum absolute atomic E-state index is 12.5. The molecule has 0 aromatic heterocycles. The lowest BCUT2D eigenvalue weighted by atomic mass is 9.93. The predicted octanol–water partition coefficient (Wildman–Crippen LogP) is 3.61. The molecule has 1 atom stereocenters. The average Bonchev–Trinajstić information content (AvgIpc) is 2.49. The number of aryl methyl sites for hydroxylation is 2. The van der Waals surface area contributed by atoms with E-state index in [0.29, 0.717) is 18.7 Å². The fraction of sp³-hybridized carbons (Fsp3) is 0.278. The first-order valence-electron chi connectivity index (χ1n) is 7.22. The van der Waals surface area contributed by atoms with Gasteiger partial charge in [0.25, 0.3) is 0 Å². The molecule has 0 fully saturated rings. The van der Waals surface area contributed by atoms with Crippen molar-refractivity contribution in [1.82, 2.24) is 0 Å². The van der Waals surface area contributed by atoms with E-state index in [-0.39, 0.29) is 11.7 Å². The molecule has 0 unspecified atom stereocenters. The van der Waals surface area contributed by atoms with Gasteiger partial charge in [0.15, 0.2) is 5.78 Å². The molecule has 0 spiro atoms. The Morgan fingerprint density at radius 1 is 1.14 bits per heavy atom. The van der Waals surface area contributed by atoms with Crippen molar-refractivity contribution in [3.05, 3.63) is 59.2 Å². The van der Waals surface area contributed by atoms with Crippen molar-refractivity contribution in [2.24, 2.45) is 5.92 Å². The van der Waals surface area contributed by atoms with Crippen molar-refractivity contribution in [2.45, 2.75) is 13.8 Å². The molecule has 2 aromatic rings. The number of nitrogens with one attached hydrogen (secondary N) is 1. The van der Waals surface area contributed by atoms with Crippen molar-refractivity contribution in [3.8, 4) is 5.75 Å². The molecule has 3 nitrogen and oxygen atoms in total. The number of rotatable bonds is 3. The first-order chi connectivity index (χ1) is 10.1. The van der Waals surface area contributed by atoms with Crippen LogP contribution in [0.4, 0.5) is 5.69 Å². The second-order valence-electron chi connectivity index (χ2n) is 5.57. The number of fused-ring (bicyclic) bond motifs is 1. The Morgan fingerprint density at radius 3 is 2.67 bits per heavy atom. The highest BCUT2D eigenvalue weighted by Crippen LogP contribution is 2.30. The molecular formula is C18H19NO2. The first-order valence-corrected chi connectivity index (χ1v) is 7.22. The van der Waals surface area contributed by atoms with Gasteiger partial charge in [0.2, 0.25) is 0 Å². The van der Waals surface area contributed by atoms with Crippen molar-refractivity contribution in [1.29, 1.82) is 0 Å². The predicted molar refractivity (Wildman–Crippen MR) is 84.2 cm³/mol. The third kappa shape index (κ3) is 2.77. The van der Waals surface area contributed by atoms with Crippen molar-refractivity contribution >= 4 is 11.5 Å². The van der Waals surface area contributed by atoms with Gasteiger partial charge in [-0.15, -0.1) is 0 Å². The third-order valence-corrected chi connectivity index (χ3v) is 3.88. The summed E-state index contributed by atoms with van der Waals surface area (Å²) in [5.41, 5.74) is 3.98. The SMILES string of the molecule is Cc1ccc(NC[C@H]2COc3c(C)cccc3C2=O)cc1.